The lowest BCUT2D eigenvalue weighted by atomic mass is 10.0. The van der Waals surface area contributed by atoms with Gasteiger partial charge in [-0.05, 0) is 24.5 Å². The fourth-order valence-electron chi connectivity index (χ4n) is 2.56. The van der Waals surface area contributed by atoms with E-state index >= 15 is 0 Å². The third-order valence-electron chi connectivity index (χ3n) is 3.85. The van der Waals surface area contributed by atoms with Gasteiger partial charge in [0.05, 0.1) is 0 Å². The minimum Gasteiger partial charge on any atom is -0.399 e. The molecule has 0 amide bonds. The molecule has 0 radical (unpaired) electrons. The Kier molecular flexibility index (Phi) is 12.3. The average molecular weight is 281 g/mol. The molecular weight excluding hydrogens is 249 g/mol. The summed E-state index contributed by atoms with van der Waals surface area (Å²) >= 11 is 0. The van der Waals surface area contributed by atoms with Crippen molar-refractivity contribution in [2.75, 3.05) is 5.73 Å². The van der Waals surface area contributed by atoms with Gasteiger partial charge < -0.3 is 5.73 Å². The predicted molar refractivity (Wildman–Crippen MR) is 88.9 cm³/mol. The lowest BCUT2D eigenvalue weighted by Crippen LogP contribution is -1.93. The van der Waals surface area contributed by atoms with Gasteiger partial charge in [0.15, 0.2) is 0 Å². The summed E-state index contributed by atoms with van der Waals surface area (Å²) in [4.78, 5) is 0. The van der Waals surface area contributed by atoms with Gasteiger partial charge in [0.2, 0.25) is 0 Å². The molecule has 0 aliphatic carbocycles. The van der Waals surface area contributed by atoms with Crippen LogP contribution in [0.4, 0.5) is 10.4 Å². The molecular formula is C18H32FN. The van der Waals surface area contributed by atoms with Crippen molar-refractivity contribution in [3.8, 4) is 0 Å². The molecule has 0 atom stereocenters. The summed E-state index contributed by atoms with van der Waals surface area (Å²) in [5, 5.41) is 0. The minimum absolute atomic E-state index is 0. The van der Waals surface area contributed by atoms with E-state index in [-0.39, 0.29) is 4.70 Å². The van der Waals surface area contributed by atoms with Gasteiger partial charge in [-0.2, -0.15) is 0 Å². The molecule has 0 saturated carbocycles. The van der Waals surface area contributed by atoms with Gasteiger partial charge in [-0.15, -0.1) is 0 Å². The van der Waals surface area contributed by atoms with Gasteiger partial charge in [0, 0.05) is 5.69 Å². The smallest absolute Gasteiger partial charge is 0.0346 e. The minimum atomic E-state index is 0. The first-order chi connectivity index (χ1) is 9.34. The maximum absolute atomic E-state index is 5.94. The van der Waals surface area contributed by atoms with Gasteiger partial charge in [-0.1, -0.05) is 82.9 Å². The number of unbranched alkanes of at least 4 members (excludes halogenated alkanes) is 9. The number of rotatable bonds is 11. The Bertz CT molecular complexity index is 325. The predicted octanol–water partition coefficient (Wildman–Crippen LogP) is 5.88. The molecule has 1 aromatic carbocycles. The van der Waals surface area contributed by atoms with Gasteiger partial charge >= 0.3 is 0 Å². The highest BCUT2D eigenvalue weighted by Gasteiger charge is 1.97. The fourth-order valence-corrected chi connectivity index (χ4v) is 2.56. The fraction of sp³-hybridized carbons (Fsp3) is 0.667. The van der Waals surface area contributed by atoms with Crippen molar-refractivity contribution in [2.24, 2.45) is 0 Å². The number of hydrogen-bond acceptors (Lipinski definition) is 1. The van der Waals surface area contributed by atoms with Gasteiger partial charge in [0.1, 0.15) is 0 Å². The number of nitrogens with two attached hydrogens (primary N) is 1. The number of anilines is 1. The number of halogens is 1. The van der Waals surface area contributed by atoms with E-state index in [0.717, 1.165) is 12.1 Å². The van der Waals surface area contributed by atoms with E-state index in [2.05, 4.69) is 19.1 Å². The summed E-state index contributed by atoms with van der Waals surface area (Å²) in [7, 11) is 0. The molecule has 20 heavy (non-hydrogen) atoms. The van der Waals surface area contributed by atoms with Crippen molar-refractivity contribution in [3.05, 3.63) is 29.8 Å². The first kappa shape index (κ1) is 18.9. The average Bonchev–Trinajstić information content (AvgIpc) is 2.43. The van der Waals surface area contributed by atoms with E-state index in [1.54, 1.807) is 0 Å². The van der Waals surface area contributed by atoms with E-state index < -0.39 is 0 Å². The molecule has 0 bridgehead atoms. The Balaban J connectivity index is 0.00000361. The van der Waals surface area contributed by atoms with Crippen LogP contribution in [-0.4, -0.2) is 0 Å². The summed E-state index contributed by atoms with van der Waals surface area (Å²) in [5.41, 5.74) is 8.22. The monoisotopic (exact) mass is 281 g/mol. The van der Waals surface area contributed by atoms with Crippen molar-refractivity contribution >= 4 is 5.69 Å². The van der Waals surface area contributed by atoms with E-state index in [4.69, 9.17) is 5.73 Å². The van der Waals surface area contributed by atoms with Crippen molar-refractivity contribution in [1.82, 2.24) is 0 Å². The molecule has 0 unspecified atom stereocenters. The second-order valence-electron chi connectivity index (χ2n) is 5.63. The van der Waals surface area contributed by atoms with Crippen molar-refractivity contribution in [1.29, 1.82) is 0 Å². The zero-order valence-corrected chi connectivity index (χ0v) is 13.1. The molecule has 0 fully saturated rings. The molecule has 0 spiro atoms. The summed E-state index contributed by atoms with van der Waals surface area (Å²) < 4.78 is 0. The third kappa shape index (κ3) is 8.95. The van der Waals surface area contributed by atoms with Crippen LogP contribution in [-0.2, 0) is 6.42 Å². The van der Waals surface area contributed by atoms with Crippen LogP contribution in [0, 0.1) is 0 Å². The van der Waals surface area contributed by atoms with Gasteiger partial charge in [0.25, 0.3) is 0 Å². The van der Waals surface area contributed by atoms with Crippen LogP contribution < -0.4 is 5.73 Å². The second kappa shape index (κ2) is 13.0. The van der Waals surface area contributed by atoms with Gasteiger partial charge in [-0.3, -0.25) is 4.70 Å². The molecule has 0 aromatic heterocycles. The van der Waals surface area contributed by atoms with E-state index in [1.165, 1.54) is 69.8 Å². The molecule has 0 heterocycles. The topological polar surface area (TPSA) is 26.0 Å². The molecule has 1 aromatic rings. The van der Waals surface area contributed by atoms with E-state index in [1.807, 2.05) is 12.1 Å². The Morgan fingerprint density at radius 1 is 0.750 bits per heavy atom. The number of benzene rings is 1. The Morgan fingerprint density at radius 3 is 1.80 bits per heavy atom. The highest BCUT2D eigenvalue weighted by molar-refractivity contribution is 5.46. The van der Waals surface area contributed by atoms with Crippen LogP contribution >= 0.6 is 0 Å². The first-order valence-corrected chi connectivity index (χ1v) is 8.18. The van der Waals surface area contributed by atoms with Gasteiger partial charge in [-0.25, -0.2) is 0 Å². The quantitative estimate of drug-likeness (QED) is 0.397. The molecule has 0 saturated heterocycles. The Labute approximate surface area is 124 Å². The second-order valence-corrected chi connectivity index (χ2v) is 5.63. The Hall–Kier alpha value is -1.05. The maximum atomic E-state index is 5.94. The molecule has 2 N–H and O–H groups in total. The summed E-state index contributed by atoms with van der Waals surface area (Å²) in [5.74, 6) is 0. The normalized spacial score (nSPS) is 10.2. The standard InChI is InChI=1S/C18H31N.FH/c1-2-3-4-5-6-7-8-9-10-11-14-17-15-12-13-16-18(17)19;/h12-13,15-16H,2-11,14,19H2,1H3;1H. The summed E-state index contributed by atoms with van der Waals surface area (Å²) in [6, 6.07) is 8.26. The highest BCUT2D eigenvalue weighted by Crippen LogP contribution is 2.15. The summed E-state index contributed by atoms with van der Waals surface area (Å²) in [6.45, 7) is 2.28. The molecule has 1 rings (SSSR count). The van der Waals surface area contributed by atoms with Crippen molar-refractivity contribution < 1.29 is 4.70 Å². The zero-order chi connectivity index (χ0) is 13.8. The number of para-hydroxylation sites is 1. The van der Waals surface area contributed by atoms with Crippen LogP contribution in [0.5, 0.6) is 0 Å². The molecule has 1 nitrogen and oxygen atoms in total. The SMILES string of the molecule is CCCCCCCCCCCCc1ccccc1N.F. The van der Waals surface area contributed by atoms with E-state index in [9.17, 15) is 0 Å². The van der Waals surface area contributed by atoms with E-state index in [0.29, 0.717) is 0 Å². The van der Waals surface area contributed by atoms with Crippen LogP contribution in [0.1, 0.15) is 76.7 Å². The van der Waals surface area contributed by atoms with Crippen LogP contribution in [0.2, 0.25) is 0 Å². The van der Waals surface area contributed by atoms with Crippen LogP contribution in [0.3, 0.4) is 0 Å². The molecule has 2 heteroatoms. The number of hydrogen-bond donors (Lipinski definition) is 1. The number of nitrogen functional groups attached to an aromatic ring is 1. The van der Waals surface area contributed by atoms with Crippen LogP contribution in [0.15, 0.2) is 24.3 Å². The largest absolute Gasteiger partial charge is 0.399 e. The summed E-state index contributed by atoms with van der Waals surface area (Å²) in [6.07, 6.45) is 15.1. The number of aryl methyl sites for hydroxylation is 1. The maximum Gasteiger partial charge on any atom is 0.0346 e. The van der Waals surface area contributed by atoms with Crippen LogP contribution in [0.25, 0.3) is 0 Å². The highest BCUT2D eigenvalue weighted by atomic mass is 19.0. The lowest BCUT2D eigenvalue weighted by molar-refractivity contribution is 0.556. The molecule has 116 valence electrons. The third-order valence-corrected chi connectivity index (χ3v) is 3.85. The first-order valence-electron chi connectivity index (χ1n) is 8.18. The van der Waals surface area contributed by atoms with Crippen molar-refractivity contribution in [3.63, 3.8) is 0 Å². The van der Waals surface area contributed by atoms with Crippen molar-refractivity contribution in [2.45, 2.75) is 77.6 Å². The Morgan fingerprint density at radius 2 is 1.25 bits per heavy atom. The lowest BCUT2D eigenvalue weighted by Gasteiger charge is -2.05. The molecule has 0 aliphatic rings. The molecule has 0 aliphatic heterocycles. The zero-order valence-electron chi connectivity index (χ0n) is 13.1.